The molecule has 0 heterocycles. The highest BCUT2D eigenvalue weighted by Gasteiger charge is 2.29. The van der Waals surface area contributed by atoms with Gasteiger partial charge in [0.15, 0.2) is 0 Å². The molecule has 0 aromatic rings. The summed E-state index contributed by atoms with van der Waals surface area (Å²) in [5.41, 5.74) is 1.06. The van der Waals surface area contributed by atoms with Crippen LogP contribution in [0.3, 0.4) is 0 Å². The van der Waals surface area contributed by atoms with Gasteiger partial charge in [0.05, 0.1) is 5.75 Å². The van der Waals surface area contributed by atoms with Crippen LogP contribution in [0.2, 0.25) is 0 Å². The topological polar surface area (TPSA) is 57.6 Å². The first-order valence-corrected chi connectivity index (χ1v) is 6.66. The SMILES string of the molecule is CN(C(=O)CSC(C)(C)C(=O)O)C1=CCCC1. The van der Waals surface area contributed by atoms with Crippen LogP contribution in [-0.2, 0) is 9.59 Å². The van der Waals surface area contributed by atoms with Gasteiger partial charge in [-0.2, -0.15) is 0 Å². The van der Waals surface area contributed by atoms with E-state index in [1.54, 1.807) is 25.8 Å². The number of thioether (sulfide) groups is 1. The zero-order valence-corrected chi connectivity index (χ0v) is 11.3. The molecule has 0 aliphatic heterocycles. The van der Waals surface area contributed by atoms with Crippen molar-refractivity contribution in [1.29, 1.82) is 0 Å². The van der Waals surface area contributed by atoms with Gasteiger partial charge in [0.2, 0.25) is 5.91 Å². The Morgan fingerprint density at radius 3 is 2.65 bits per heavy atom. The molecular formula is C12H19NO3S. The molecule has 1 amide bonds. The van der Waals surface area contributed by atoms with E-state index < -0.39 is 10.7 Å². The minimum Gasteiger partial charge on any atom is -0.480 e. The summed E-state index contributed by atoms with van der Waals surface area (Å²) in [5.74, 6) is -0.719. The first-order chi connectivity index (χ1) is 7.84. The van der Waals surface area contributed by atoms with Gasteiger partial charge < -0.3 is 10.0 Å². The van der Waals surface area contributed by atoms with E-state index >= 15 is 0 Å². The molecule has 1 aliphatic carbocycles. The van der Waals surface area contributed by atoms with E-state index in [-0.39, 0.29) is 11.7 Å². The fourth-order valence-electron chi connectivity index (χ4n) is 1.52. The Morgan fingerprint density at radius 1 is 1.53 bits per heavy atom. The molecule has 96 valence electrons. The van der Waals surface area contributed by atoms with E-state index in [0.717, 1.165) is 36.7 Å². The lowest BCUT2D eigenvalue weighted by atomic mass is 10.2. The van der Waals surface area contributed by atoms with Crippen LogP contribution in [0.15, 0.2) is 11.8 Å². The molecular weight excluding hydrogens is 238 g/mol. The first-order valence-electron chi connectivity index (χ1n) is 5.67. The first kappa shape index (κ1) is 14.1. The summed E-state index contributed by atoms with van der Waals surface area (Å²) in [4.78, 5) is 24.4. The molecule has 1 aliphatic rings. The van der Waals surface area contributed by atoms with Crippen molar-refractivity contribution >= 4 is 23.6 Å². The average Bonchev–Trinajstić information content (AvgIpc) is 2.78. The van der Waals surface area contributed by atoms with Crippen molar-refractivity contribution in [2.45, 2.75) is 37.9 Å². The molecule has 0 saturated heterocycles. The van der Waals surface area contributed by atoms with Crippen LogP contribution in [0.25, 0.3) is 0 Å². The molecule has 0 aromatic heterocycles. The molecule has 5 heteroatoms. The summed E-state index contributed by atoms with van der Waals surface area (Å²) in [5, 5.41) is 8.95. The Hall–Kier alpha value is -0.970. The summed E-state index contributed by atoms with van der Waals surface area (Å²) in [6.07, 6.45) is 5.14. The fourth-order valence-corrected chi connectivity index (χ4v) is 2.32. The number of amides is 1. The number of carboxylic acid groups (broad SMARTS) is 1. The van der Waals surface area contributed by atoms with E-state index in [1.807, 2.05) is 0 Å². The number of carbonyl (C=O) groups is 2. The summed E-state index contributed by atoms with van der Waals surface area (Å²) < 4.78 is -0.916. The Bertz CT molecular complexity index is 350. The van der Waals surface area contributed by atoms with Crippen LogP contribution in [0.5, 0.6) is 0 Å². The summed E-state index contributed by atoms with van der Waals surface area (Å²) in [7, 11) is 1.76. The lowest BCUT2D eigenvalue weighted by molar-refractivity contribution is -0.138. The van der Waals surface area contributed by atoms with Crippen LogP contribution in [0.4, 0.5) is 0 Å². The molecule has 0 bridgehead atoms. The molecule has 0 spiro atoms. The molecule has 0 fully saturated rings. The van der Waals surface area contributed by atoms with Gasteiger partial charge in [0.25, 0.3) is 0 Å². The summed E-state index contributed by atoms with van der Waals surface area (Å²) in [6.45, 7) is 3.23. The van der Waals surface area contributed by atoms with Crippen molar-refractivity contribution < 1.29 is 14.7 Å². The molecule has 0 saturated carbocycles. The van der Waals surface area contributed by atoms with E-state index in [0.29, 0.717) is 0 Å². The Labute approximate surface area is 106 Å². The quantitative estimate of drug-likeness (QED) is 0.819. The summed E-state index contributed by atoms with van der Waals surface area (Å²) >= 11 is 1.16. The molecule has 0 aromatic carbocycles. The van der Waals surface area contributed by atoms with Crippen LogP contribution in [-0.4, -0.2) is 39.4 Å². The predicted molar refractivity (Wildman–Crippen MR) is 68.9 cm³/mol. The van der Waals surface area contributed by atoms with Gasteiger partial charge in [0, 0.05) is 12.7 Å². The third-order valence-corrected chi connectivity index (χ3v) is 4.18. The van der Waals surface area contributed by atoms with Crippen LogP contribution < -0.4 is 0 Å². The maximum Gasteiger partial charge on any atom is 0.319 e. The second-order valence-corrected chi connectivity index (χ2v) is 6.24. The third kappa shape index (κ3) is 3.77. The highest BCUT2D eigenvalue weighted by Crippen LogP contribution is 2.26. The molecule has 0 atom stereocenters. The van der Waals surface area contributed by atoms with Gasteiger partial charge in [-0.15, -0.1) is 11.8 Å². The number of carboxylic acids is 1. The second kappa shape index (κ2) is 5.58. The highest BCUT2D eigenvalue weighted by molar-refractivity contribution is 8.01. The third-order valence-electron chi connectivity index (χ3n) is 2.89. The smallest absolute Gasteiger partial charge is 0.319 e. The zero-order chi connectivity index (χ0) is 13.1. The standard InChI is InChI=1S/C12H19NO3S/c1-12(2,11(15)16)17-8-10(14)13(3)9-6-4-5-7-9/h6H,4-5,7-8H2,1-3H3,(H,15,16). The molecule has 0 unspecified atom stereocenters. The number of hydrogen-bond acceptors (Lipinski definition) is 3. The van der Waals surface area contributed by atoms with E-state index in [2.05, 4.69) is 6.08 Å². The van der Waals surface area contributed by atoms with Gasteiger partial charge in [-0.1, -0.05) is 6.08 Å². The van der Waals surface area contributed by atoms with Crippen molar-refractivity contribution in [3.8, 4) is 0 Å². The number of hydrogen-bond donors (Lipinski definition) is 1. The Balaban J connectivity index is 2.47. The van der Waals surface area contributed by atoms with Crippen molar-refractivity contribution in [1.82, 2.24) is 4.90 Å². The van der Waals surface area contributed by atoms with Crippen LogP contribution >= 0.6 is 11.8 Å². The van der Waals surface area contributed by atoms with Crippen LogP contribution in [0, 0.1) is 0 Å². The lowest BCUT2D eigenvalue weighted by Crippen LogP contribution is -2.32. The predicted octanol–water partition coefficient (Wildman–Crippen LogP) is 2.11. The molecule has 1 rings (SSSR count). The molecule has 0 radical (unpaired) electrons. The summed E-state index contributed by atoms with van der Waals surface area (Å²) in [6, 6.07) is 0. The maximum absolute atomic E-state index is 11.9. The van der Waals surface area contributed by atoms with Crippen molar-refractivity contribution in [2.75, 3.05) is 12.8 Å². The Kier molecular flexibility index (Phi) is 4.62. The monoisotopic (exact) mass is 257 g/mol. The number of allylic oxidation sites excluding steroid dienone is 2. The van der Waals surface area contributed by atoms with Crippen molar-refractivity contribution in [3.63, 3.8) is 0 Å². The minimum atomic E-state index is -0.916. The number of rotatable bonds is 5. The van der Waals surface area contributed by atoms with E-state index in [9.17, 15) is 9.59 Å². The highest BCUT2D eigenvalue weighted by atomic mass is 32.2. The van der Waals surface area contributed by atoms with Crippen molar-refractivity contribution in [3.05, 3.63) is 11.8 Å². The normalized spacial score (nSPS) is 15.6. The van der Waals surface area contributed by atoms with Gasteiger partial charge >= 0.3 is 5.97 Å². The largest absolute Gasteiger partial charge is 0.480 e. The maximum atomic E-state index is 11.9. The lowest BCUT2D eigenvalue weighted by Gasteiger charge is -2.22. The zero-order valence-electron chi connectivity index (χ0n) is 10.5. The fraction of sp³-hybridized carbons (Fsp3) is 0.667. The molecule has 17 heavy (non-hydrogen) atoms. The van der Waals surface area contributed by atoms with E-state index in [4.69, 9.17) is 5.11 Å². The van der Waals surface area contributed by atoms with Gasteiger partial charge in [-0.25, -0.2) is 0 Å². The number of carbonyl (C=O) groups excluding carboxylic acids is 1. The molecule has 4 nitrogen and oxygen atoms in total. The number of nitrogens with zero attached hydrogens (tertiary/aromatic N) is 1. The average molecular weight is 257 g/mol. The van der Waals surface area contributed by atoms with E-state index in [1.165, 1.54) is 0 Å². The minimum absolute atomic E-state index is 0.0301. The van der Waals surface area contributed by atoms with Gasteiger partial charge in [0.1, 0.15) is 4.75 Å². The van der Waals surface area contributed by atoms with Gasteiger partial charge in [-0.05, 0) is 33.1 Å². The van der Waals surface area contributed by atoms with Gasteiger partial charge in [-0.3, -0.25) is 9.59 Å². The Morgan fingerprint density at radius 2 is 2.18 bits per heavy atom. The second-order valence-electron chi connectivity index (χ2n) is 4.64. The van der Waals surface area contributed by atoms with Crippen LogP contribution in [0.1, 0.15) is 33.1 Å². The molecule has 1 N–H and O–H groups in total. The number of aliphatic carboxylic acids is 1. The van der Waals surface area contributed by atoms with Crippen molar-refractivity contribution in [2.24, 2.45) is 0 Å².